The molecule has 1 aromatic rings. The second-order valence-corrected chi connectivity index (χ2v) is 13.0. The van der Waals surface area contributed by atoms with Crippen LogP contribution in [-0.4, -0.2) is 42.8 Å². The number of rotatable bonds is 7. The van der Waals surface area contributed by atoms with Crippen LogP contribution in [0.2, 0.25) is 0 Å². The fraction of sp³-hybridized carbons (Fsp3) is 0.710. The van der Waals surface area contributed by atoms with Gasteiger partial charge in [-0.1, -0.05) is 36.8 Å². The SMILES string of the molecule is COC(=O)CCC1CC2(C(=O)NC3CCC(NC(=O)OC(C)(C)C)CC3)CCCC(c3ccccc3)(C1)C2. The summed E-state index contributed by atoms with van der Waals surface area (Å²) in [6.07, 6.45) is 9.89. The number of benzene rings is 1. The lowest BCUT2D eigenvalue weighted by atomic mass is 9.49. The minimum atomic E-state index is -0.516. The van der Waals surface area contributed by atoms with Crippen LogP contribution in [0.15, 0.2) is 30.3 Å². The summed E-state index contributed by atoms with van der Waals surface area (Å²) in [5, 5.41) is 6.43. The van der Waals surface area contributed by atoms with Crippen molar-refractivity contribution in [2.75, 3.05) is 7.11 Å². The van der Waals surface area contributed by atoms with E-state index < -0.39 is 11.0 Å². The number of hydrogen-bond acceptors (Lipinski definition) is 5. The largest absolute Gasteiger partial charge is 0.469 e. The van der Waals surface area contributed by atoms with Crippen LogP contribution in [0, 0.1) is 11.3 Å². The molecule has 7 heteroatoms. The van der Waals surface area contributed by atoms with Crippen LogP contribution in [0.5, 0.6) is 0 Å². The summed E-state index contributed by atoms with van der Waals surface area (Å²) in [5.41, 5.74) is 0.385. The molecule has 2 N–H and O–H groups in total. The highest BCUT2D eigenvalue weighted by atomic mass is 16.6. The van der Waals surface area contributed by atoms with Gasteiger partial charge in [-0.15, -0.1) is 0 Å². The number of hydrogen-bond donors (Lipinski definition) is 2. The predicted octanol–water partition coefficient (Wildman–Crippen LogP) is 5.80. The number of carbonyl (C=O) groups excluding carboxylic acids is 3. The van der Waals surface area contributed by atoms with Crippen LogP contribution in [0.1, 0.15) is 103 Å². The molecule has 210 valence electrons. The van der Waals surface area contributed by atoms with Crippen LogP contribution < -0.4 is 10.6 Å². The third kappa shape index (κ3) is 6.89. The first-order chi connectivity index (χ1) is 18.0. The Hall–Kier alpha value is -2.57. The second kappa shape index (κ2) is 11.7. The van der Waals surface area contributed by atoms with Crippen molar-refractivity contribution in [3.8, 4) is 0 Å². The molecule has 1 aromatic carbocycles. The van der Waals surface area contributed by atoms with E-state index in [2.05, 4.69) is 41.0 Å². The van der Waals surface area contributed by atoms with Crippen LogP contribution in [0.3, 0.4) is 0 Å². The fourth-order valence-electron chi connectivity index (χ4n) is 7.38. The zero-order chi connectivity index (χ0) is 27.4. The van der Waals surface area contributed by atoms with E-state index in [1.54, 1.807) is 0 Å². The molecule has 3 aliphatic carbocycles. The van der Waals surface area contributed by atoms with E-state index in [1.807, 2.05) is 20.8 Å². The lowest BCUT2D eigenvalue weighted by molar-refractivity contribution is -0.142. The van der Waals surface area contributed by atoms with E-state index in [0.29, 0.717) is 12.3 Å². The van der Waals surface area contributed by atoms with Gasteiger partial charge in [-0.05, 0) is 102 Å². The summed E-state index contributed by atoms with van der Waals surface area (Å²) in [4.78, 5) is 38.2. The first kappa shape index (κ1) is 28.4. The smallest absolute Gasteiger partial charge is 0.407 e. The minimum absolute atomic E-state index is 0.0229. The quantitative estimate of drug-likeness (QED) is 0.438. The van der Waals surface area contributed by atoms with E-state index in [0.717, 1.165) is 70.6 Å². The molecule has 4 rings (SSSR count). The van der Waals surface area contributed by atoms with Crippen molar-refractivity contribution in [3.63, 3.8) is 0 Å². The zero-order valence-electron chi connectivity index (χ0n) is 23.6. The van der Waals surface area contributed by atoms with Crippen molar-refractivity contribution in [2.45, 2.75) is 121 Å². The molecule has 0 aromatic heterocycles. The van der Waals surface area contributed by atoms with Gasteiger partial charge in [-0.3, -0.25) is 9.59 Å². The highest BCUT2D eigenvalue weighted by Crippen LogP contribution is 2.59. The molecular formula is C31H46N2O5. The molecule has 3 fully saturated rings. The van der Waals surface area contributed by atoms with Crippen molar-refractivity contribution < 1.29 is 23.9 Å². The lowest BCUT2D eigenvalue weighted by Gasteiger charge is -2.55. The maximum absolute atomic E-state index is 14.0. The van der Waals surface area contributed by atoms with Gasteiger partial charge < -0.3 is 20.1 Å². The average molecular weight is 527 g/mol. The highest BCUT2D eigenvalue weighted by molar-refractivity contribution is 5.83. The molecule has 7 nitrogen and oxygen atoms in total. The van der Waals surface area contributed by atoms with Crippen LogP contribution >= 0.6 is 0 Å². The first-order valence-electron chi connectivity index (χ1n) is 14.5. The van der Waals surface area contributed by atoms with Crippen molar-refractivity contribution in [3.05, 3.63) is 35.9 Å². The molecule has 0 saturated heterocycles. The Morgan fingerprint density at radius 1 is 0.947 bits per heavy atom. The number of esters is 1. The van der Waals surface area contributed by atoms with E-state index in [4.69, 9.17) is 9.47 Å². The van der Waals surface area contributed by atoms with Crippen molar-refractivity contribution in [2.24, 2.45) is 11.3 Å². The van der Waals surface area contributed by atoms with Crippen molar-refractivity contribution in [1.29, 1.82) is 0 Å². The van der Waals surface area contributed by atoms with Gasteiger partial charge in [-0.2, -0.15) is 0 Å². The summed E-state index contributed by atoms with van der Waals surface area (Å²) < 4.78 is 10.3. The second-order valence-electron chi connectivity index (χ2n) is 13.0. The Morgan fingerprint density at radius 3 is 2.24 bits per heavy atom. The molecular weight excluding hydrogens is 480 g/mol. The molecule has 2 amide bonds. The standard InChI is InChI=1S/C31H46N2O5/c1-29(2,3)38-28(36)33-25-14-12-24(13-15-25)32-27(35)31-18-8-17-30(21-31,23-9-6-5-7-10-23)19-22(20-31)11-16-26(34)37-4/h5-7,9-10,22,24-25H,8,11-21H2,1-4H3,(H,32,35)(H,33,36). The summed E-state index contributed by atoms with van der Waals surface area (Å²) in [5.74, 6) is 0.316. The van der Waals surface area contributed by atoms with Crippen LogP contribution in [0.4, 0.5) is 4.79 Å². The predicted molar refractivity (Wildman–Crippen MR) is 147 cm³/mol. The van der Waals surface area contributed by atoms with E-state index in [9.17, 15) is 14.4 Å². The van der Waals surface area contributed by atoms with E-state index in [-0.39, 0.29) is 35.5 Å². The van der Waals surface area contributed by atoms with E-state index in [1.165, 1.54) is 12.7 Å². The summed E-state index contributed by atoms with van der Waals surface area (Å²) in [6, 6.07) is 10.9. The maximum atomic E-state index is 14.0. The minimum Gasteiger partial charge on any atom is -0.469 e. The number of amides is 2. The third-order valence-corrected chi connectivity index (χ3v) is 8.98. The Bertz CT molecular complexity index is 982. The lowest BCUT2D eigenvalue weighted by Crippen LogP contribution is -2.55. The van der Waals surface area contributed by atoms with E-state index >= 15 is 0 Å². The molecule has 0 aliphatic heterocycles. The summed E-state index contributed by atoms with van der Waals surface area (Å²) in [7, 11) is 1.44. The van der Waals surface area contributed by atoms with Gasteiger partial charge in [0, 0.05) is 18.5 Å². The van der Waals surface area contributed by atoms with Gasteiger partial charge in [0.15, 0.2) is 0 Å². The summed E-state index contributed by atoms with van der Waals surface area (Å²) >= 11 is 0. The van der Waals surface area contributed by atoms with Crippen LogP contribution in [0.25, 0.3) is 0 Å². The topological polar surface area (TPSA) is 93.7 Å². The van der Waals surface area contributed by atoms with Crippen molar-refractivity contribution in [1.82, 2.24) is 10.6 Å². The fourth-order valence-corrected chi connectivity index (χ4v) is 7.38. The average Bonchev–Trinajstić information content (AvgIpc) is 2.87. The highest BCUT2D eigenvalue weighted by Gasteiger charge is 2.55. The normalized spacial score (nSPS) is 31.1. The number of methoxy groups -OCH3 is 1. The monoisotopic (exact) mass is 526 g/mol. The van der Waals surface area contributed by atoms with Gasteiger partial charge in [0.1, 0.15) is 5.60 Å². The molecule has 0 radical (unpaired) electrons. The first-order valence-corrected chi connectivity index (χ1v) is 14.5. The maximum Gasteiger partial charge on any atom is 0.407 e. The Labute approximate surface area is 227 Å². The number of carbonyl (C=O) groups is 3. The number of alkyl carbamates (subject to hydrolysis) is 1. The summed E-state index contributed by atoms with van der Waals surface area (Å²) in [6.45, 7) is 5.59. The molecule has 3 saturated carbocycles. The van der Waals surface area contributed by atoms with Gasteiger partial charge in [0.05, 0.1) is 12.5 Å². The van der Waals surface area contributed by atoms with Gasteiger partial charge in [0.25, 0.3) is 0 Å². The molecule has 3 atom stereocenters. The number of ether oxygens (including phenoxy) is 2. The Kier molecular flexibility index (Phi) is 8.73. The van der Waals surface area contributed by atoms with Gasteiger partial charge in [-0.25, -0.2) is 4.79 Å². The third-order valence-electron chi connectivity index (χ3n) is 8.98. The van der Waals surface area contributed by atoms with Crippen molar-refractivity contribution >= 4 is 18.0 Å². The molecule has 3 unspecified atom stereocenters. The number of fused-ring (bicyclic) bond motifs is 2. The van der Waals surface area contributed by atoms with Crippen LogP contribution in [-0.2, 0) is 24.5 Å². The molecule has 2 bridgehead atoms. The molecule has 3 aliphatic rings. The Morgan fingerprint density at radius 2 is 1.61 bits per heavy atom. The van der Waals surface area contributed by atoms with Gasteiger partial charge >= 0.3 is 12.1 Å². The molecule has 38 heavy (non-hydrogen) atoms. The zero-order valence-corrected chi connectivity index (χ0v) is 23.6. The Balaban J connectivity index is 1.42. The molecule has 0 heterocycles. The molecule has 0 spiro atoms. The van der Waals surface area contributed by atoms with Gasteiger partial charge in [0.2, 0.25) is 5.91 Å². The number of nitrogens with one attached hydrogen (secondary N) is 2.